The third kappa shape index (κ3) is 6.67. The molecule has 2 N–H and O–H groups in total. The Bertz CT molecular complexity index is 166. The van der Waals surface area contributed by atoms with Gasteiger partial charge in [-0.05, 0) is 0 Å². The molecule has 0 aliphatic carbocycles. The third-order valence-corrected chi connectivity index (χ3v) is 1.84. The van der Waals surface area contributed by atoms with E-state index >= 15 is 0 Å². The van der Waals surface area contributed by atoms with Crippen molar-refractivity contribution in [3.05, 3.63) is 0 Å². The average Bonchev–Trinajstić information content (AvgIpc) is 2.13. The number of halogens is 3. The van der Waals surface area contributed by atoms with Gasteiger partial charge in [-0.15, -0.1) is 0 Å². The Kier molecular flexibility index (Phi) is 6.82. The molecule has 7 heteroatoms. The lowest BCUT2D eigenvalue weighted by Gasteiger charge is -2.24. The molecule has 0 saturated heterocycles. The van der Waals surface area contributed by atoms with Crippen LogP contribution in [0.15, 0.2) is 0 Å². The fourth-order valence-electron chi connectivity index (χ4n) is 1.00. The summed E-state index contributed by atoms with van der Waals surface area (Å²) < 4.78 is 40.7. The van der Waals surface area contributed by atoms with Crippen molar-refractivity contribution in [3.63, 3.8) is 0 Å². The molecule has 0 amide bonds. The van der Waals surface area contributed by atoms with Gasteiger partial charge in [0, 0.05) is 26.7 Å². The molecule has 0 aliphatic heterocycles. The number of methoxy groups -OCH3 is 1. The van der Waals surface area contributed by atoms with E-state index in [1.807, 2.05) is 0 Å². The van der Waals surface area contributed by atoms with Crippen molar-refractivity contribution in [1.82, 2.24) is 4.90 Å². The number of aliphatic hydroxyl groups is 2. The van der Waals surface area contributed by atoms with Crippen molar-refractivity contribution in [3.8, 4) is 0 Å². The van der Waals surface area contributed by atoms with Crippen molar-refractivity contribution >= 4 is 0 Å². The number of aliphatic hydroxyl groups excluding tert-OH is 2. The van der Waals surface area contributed by atoms with Crippen LogP contribution >= 0.6 is 0 Å². The molecular weight excluding hydrogens is 215 g/mol. The molecular formula is C8H16F3NO3. The largest absolute Gasteiger partial charge is 0.415 e. The van der Waals surface area contributed by atoms with Gasteiger partial charge in [0.2, 0.25) is 0 Å². The Morgan fingerprint density at radius 1 is 1.33 bits per heavy atom. The van der Waals surface area contributed by atoms with E-state index in [2.05, 4.69) is 0 Å². The summed E-state index contributed by atoms with van der Waals surface area (Å²) in [5, 5.41) is 17.4. The highest BCUT2D eigenvalue weighted by Gasteiger charge is 2.38. The van der Waals surface area contributed by atoms with E-state index in [0.717, 1.165) is 0 Å². The lowest BCUT2D eigenvalue weighted by atomic mass is 10.3. The Balaban J connectivity index is 4.03. The number of alkyl halides is 3. The van der Waals surface area contributed by atoms with Gasteiger partial charge in [0.1, 0.15) is 0 Å². The molecule has 0 rings (SSSR count). The summed E-state index contributed by atoms with van der Waals surface area (Å²) in [5.74, 6) is 0. The molecule has 0 aliphatic rings. The van der Waals surface area contributed by atoms with Crippen LogP contribution in [0.3, 0.4) is 0 Å². The van der Waals surface area contributed by atoms with Crippen LogP contribution in [0.25, 0.3) is 0 Å². The Morgan fingerprint density at radius 3 is 2.33 bits per heavy atom. The van der Waals surface area contributed by atoms with Gasteiger partial charge in [-0.25, -0.2) is 0 Å². The first kappa shape index (κ1) is 14.6. The van der Waals surface area contributed by atoms with E-state index in [9.17, 15) is 13.2 Å². The molecule has 0 aromatic rings. The Labute approximate surface area is 86.3 Å². The highest BCUT2D eigenvalue weighted by atomic mass is 19.4. The summed E-state index contributed by atoms with van der Waals surface area (Å²) in [4.78, 5) is 1.29. The minimum Gasteiger partial charge on any atom is -0.395 e. The van der Waals surface area contributed by atoms with Crippen molar-refractivity contribution in [2.24, 2.45) is 0 Å². The van der Waals surface area contributed by atoms with E-state index in [-0.39, 0.29) is 26.3 Å². The van der Waals surface area contributed by atoms with Gasteiger partial charge in [0.25, 0.3) is 0 Å². The minimum atomic E-state index is -4.62. The normalized spacial score (nSPS) is 14.6. The smallest absolute Gasteiger partial charge is 0.395 e. The maximum absolute atomic E-state index is 12.0. The van der Waals surface area contributed by atoms with Crippen LogP contribution in [0.5, 0.6) is 0 Å². The summed E-state index contributed by atoms with van der Waals surface area (Å²) in [6.45, 7) is -0.229. The molecule has 0 radical (unpaired) electrons. The first-order chi connectivity index (χ1) is 6.91. The highest BCUT2D eigenvalue weighted by molar-refractivity contribution is 4.70. The Hall–Kier alpha value is -0.370. The summed E-state index contributed by atoms with van der Waals surface area (Å²) in [7, 11) is 1.43. The van der Waals surface area contributed by atoms with Gasteiger partial charge in [-0.3, -0.25) is 4.90 Å². The van der Waals surface area contributed by atoms with Gasteiger partial charge >= 0.3 is 6.18 Å². The predicted octanol–water partition coefficient (Wildman–Crippen LogP) is -0.150. The van der Waals surface area contributed by atoms with Crippen molar-refractivity contribution in [1.29, 1.82) is 0 Å². The summed E-state index contributed by atoms with van der Waals surface area (Å²) in [6, 6.07) is 0. The molecule has 0 aromatic carbocycles. The van der Waals surface area contributed by atoms with E-state index in [4.69, 9.17) is 14.9 Å². The molecule has 0 bridgehead atoms. The molecule has 1 atom stereocenters. The van der Waals surface area contributed by atoms with Crippen LogP contribution in [0, 0.1) is 0 Å². The first-order valence-corrected chi connectivity index (χ1v) is 4.48. The minimum absolute atomic E-state index is 0.0799. The van der Waals surface area contributed by atoms with Crippen LogP contribution < -0.4 is 0 Å². The molecule has 0 spiro atoms. The van der Waals surface area contributed by atoms with Gasteiger partial charge in [0.15, 0.2) is 6.10 Å². The van der Waals surface area contributed by atoms with Crippen LogP contribution in [-0.2, 0) is 4.74 Å². The van der Waals surface area contributed by atoms with Gasteiger partial charge in [0.05, 0.1) is 13.2 Å². The van der Waals surface area contributed by atoms with Gasteiger partial charge in [-0.1, -0.05) is 0 Å². The molecule has 0 fully saturated rings. The second-order valence-corrected chi connectivity index (χ2v) is 3.07. The lowest BCUT2D eigenvalue weighted by Crippen LogP contribution is -2.43. The SMILES string of the molecule is COCCN(CCO)CC(O)C(F)(F)F. The van der Waals surface area contributed by atoms with Crippen LogP contribution in [0.4, 0.5) is 13.2 Å². The van der Waals surface area contributed by atoms with Crippen LogP contribution in [-0.4, -0.2) is 67.4 Å². The maximum atomic E-state index is 12.0. The number of hydrogen-bond acceptors (Lipinski definition) is 4. The molecule has 4 nitrogen and oxygen atoms in total. The van der Waals surface area contributed by atoms with Crippen LogP contribution in [0.2, 0.25) is 0 Å². The van der Waals surface area contributed by atoms with Gasteiger partial charge < -0.3 is 14.9 Å². The second-order valence-electron chi connectivity index (χ2n) is 3.07. The Morgan fingerprint density at radius 2 is 1.93 bits per heavy atom. The van der Waals surface area contributed by atoms with E-state index in [0.29, 0.717) is 0 Å². The third-order valence-electron chi connectivity index (χ3n) is 1.84. The zero-order valence-electron chi connectivity index (χ0n) is 8.50. The van der Waals surface area contributed by atoms with Crippen molar-refractivity contribution in [2.75, 3.05) is 40.0 Å². The summed E-state index contributed by atoms with van der Waals surface area (Å²) in [5.41, 5.74) is 0. The lowest BCUT2D eigenvalue weighted by molar-refractivity contribution is -0.208. The quantitative estimate of drug-likeness (QED) is 0.640. The number of nitrogens with zero attached hydrogens (tertiary/aromatic N) is 1. The monoisotopic (exact) mass is 231 g/mol. The zero-order chi connectivity index (χ0) is 11.9. The number of hydrogen-bond donors (Lipinski definition) is 2. The maximum Gasteiger partial charge on any atom is 0.415 e. The molecule has 0 saturated carbocycles. The van der Waals surface area contributed by atoms with E-state index < -0.39 is 18.8 Å². The van der Waals surface area contributed by atoms with Crippen LogP contribution in [0.1, 0.15) is 0 Å². The zero-order valence-corrected chi connectivity index (χ0v) is 8.50. The standard InChI is InChI=1S/C8H16F3NO3/c1-15-5-3-12(2-4-13)6-7(14)8(9,10)11/h7,13-14H,2-6H2,1H3. The van der Waals surface area contributed by atoms with E-state index in [1.165, 1.54) is 12.0 Å². The molecule has 15 heavy (non-hydrogen) atoms. The molecule has 0 heterocycles. The summed E-state index contributed by atoms with van der Waals surface area (Å²) in [6.07, 6.45) is -7.01. The second kappa shape index (κ2) is 7.00. The van der Waals surface area contributed by atoms with Crippen molar-refractivity contribution < 1.29 is 28.1 Å². The number of rotatable bonds is 7. The van der Waals surface area contributed by atoms with E-state index in [1.54, 1.807) is 0 Å². The predicted molar refractivity (Wildman–Crippen MR) is 47.5 cm³/mol. The molecule has 0 aromatic heterocycles. The van der Waals surface area contributed by atoms with Gasteiger partial charge in [-0.2, -0.15) is 13.2 Å². The fourth-order valence-corrected chi connectivity index (χ4v) is 1.00. The topological polar surface area (TPSA) is 52.9 Å². The molecule has 1 unspecified atom stereocenters. The average molecular weight is 231 g/mol. The van der Waals surface area contributed by atoms with Crippen molar-refractivity contribution in [2.45, 2.75) is 12.3 Å². The first-order valence-electron chi connectivity index (χ1n) is 4.48. The number of ether oxygens (including phenoxy) is 1. The molecule has 92 valence electrons. The summed E-state index contributed by atoms with van der Waals surface area (Å²) >= 11 is 0. The highest BCUT2D eigenvalue weighted by Crippen LogP contribution is 2.20. The fraction of sp³-hybridized carbons (Fsp3) is 1.00.